The molecule has 0 saturated carbocycles. The monoisotopic (exact) mass is 360 g/mol. The Hall–Kier alpha value is -2.89. The van der Waals surface area contributed by atoms with Crippen LogP contribution < -0.4 is 23.7 Å². The zero-order valence-corrected chi connectivity index (χ0v) is 15.8. The number of ether oxygens (including phenoxy) is 5. The zero-order chi connectivity index (χ0) is 19.1. The number of methoxy groups -OCH3 is 5. The van der Waals surface area contributed by atoms with Crippen molar-refractivity contribution in [3.63, 3.8) is 0 Å². The van der Waals surface area contributed by atoms with Crippen LogP contribution in [0.3, 0.4) is 0 Å². The molecule has 2 aromatic carbocycles. The van der Waals surface area contributed by atoms with E-state index in [0.717, 1.165) is 5.56 Å². The molecular weight excluding hydrogens is 336 g/mol. The lowest BCUT2D eigenvalue weighted by Gasteiger charge is -2.16. The minimum Gasteiger partial charge on any atom is -0.497 e. The number of carbonyl (C=O) groups excluding carboxylic acids is 1. The minimum absolute atomic E-state index is 0.109. The Balaban J connectivity index is 2.31. The molecule has 0 amide bonds. The Bertz CT molecular complexity index is 769. The molecule has 0 heterocycles. The highest BCUT2D eigenvalue weighted by Gasteiger charge is 2.22. The molecule has 0 aliphatic heterocycles. The van der Waals surface area contributed by atoms with Gasteiger partial charge in [0.1, 0.15) is 22.8 Å². The first-order chi connectivity index (χ1) is 12.6. The molecule has 2 aromatic rings. The molecule has 0 N–H and O–H groups in total. The van der Waals surface area contributed by atoms with E-state index in [9.17, 15) is 4.79 Å². The van der Waals surface area contributed by atoms with Crippen LogP contribution in [0.1, 0.15) is 22.3 Å². The van der Waals surface area contributed by atoms with Gasteiger partial charge < -0.3 is 23.7 Å². The summed E-state index contributed by atoms with van der Waals surface area (Å²) in [4.78, 5) is 12.9. The summed E-state index contributed by atoms with van der Waals surface area (Å²) in [6.07, 6.45) is 0.742. The molecule has 0 unspecified atom stereocenters. The molecule has 0 aliphatic rings. The number of Topliss-reactive ketones (excluding diaryl/α,β-unsaturated/α-hetero) is 1. The molecule has 0 aromatic heterocycles. The van der Waals surface area contributed by atoms with Crippen molar-refractivity contribution in [2.75, 3.05) is 35.5 Å². The molecular formula is C20H24O6. The number of hydrogen-bond donors (Lipinski definition) is 0. The Kier molecular flexibility index (Phi) is 6.72. The van der Waals surface area contributed by atoms with Crippen LogP contribution in [-0.2, 0) is 6.42 Å². The number of carbonyl (C=O) groups is 1. The van der Waals surface area contributed by atoms with E-state index in [1.807, 2.05) is 18.2 Å². The standard InChI is InChI=1S/C20H24O6/c1-22-14-7-9-16(23-2)13(12-14)6-8-15(21)19-17(24-3)10-11-18(25-4)20(19)26-5/h7,9-12H,6,8H2,1-5H3. The summed E-state index contributed by atoms with van der Waals surface area (Å²) in [5, 5.41) is 0. The quantitative estimate of drug-likeness (QED) is 0.637. The van der Waals surface area contributed by atoms with Crippen LogP contribution in [0.2, 0.25) is 0 Å². The number of rotatable bonds is 9. The van der Waals surface area contributed by atoms with Crippen LogP contribution in [0.4, 0.5) is 0 Å². The third kappa shape index (κ3) is 4.02. The van der Waals surface area contributed by atoms with Gasteiger partial charge in [0, 0.05) is 6.42 Å². The topological polar surface area (TPSA) is 63.2 Å². The van der Waals surface area contributed by atoms with Gasteiger partial charge in [-0.1, -0.05) is 0 Å². The number of hydrogen-bond acceptors (Lipinski definition) is 6. The predicted octanol–water partition coefficient (Wildman–Crippen LogP) is 3.55. The molecule has 2 rings (SSSR count). The molecule has 6 heteroatoms. The Labute approximate surface area is 153 Å². The highest BCUT2D eigenvalue weighted by molar-refractivity contribution is 6.02. The first kappa shape index (κ1) is 19.4. The van der Waals surface area contributed by atoms with Crippen molar-refractivity contribution >= 4 is 5.78 Å². The fraction of sp³-hybridized carbons (Fsp3) is 0.350. The van der Waals surface area contributed by atoms with Gasteiger partial charge in [-0.15, -0.1) is 0 Å². The summed E-state index contributed by atoms with van der Waals surface area (Å²) in [7, 11) is 7.74. The zero-order valence-electron chi connectivity index (χ0n) is 15.8. The summed E-state index contributed by atoms with van der Waals surface area (Å²) in [5.74, 6) is 2.62. The van der Waals surface area contributed by atoms with Crippen LogP contribution >= 0.6 is 0 Å². The maximum absolute atomic E-state index is 12.9. The lowest BCUT2D eigenvalue weighted by molar-refractivity contribution is 0.0976. The summed E-state index contributed by atoms with van der Waals surface area (Å²) in [6.45, 7) is 0. The molecule has 26 heavy (non-hydrogen) atoms. The van der Waals surface area contributed by atoms with E-state index in [4.69, 9.17) is 23.7 Å². The van der Waals surface area contributed by atoms with E-state index in [-0.39, 0.29) is 12.2 Å². The largest absolute Gasteiger partial charge is 0.497 e. The van der Waals surface area contributed by atoms with E-state index < -0.39 is 0 Å². The highest BCUT2D eigenvalue weighted by atomic mass is 16.5. The van der Waals surface area contributed by atoms with Crippen LogP contribution in [0.15, 0.2) is 30.3 Å². The van der Waals surface area contributed by atoms with E-state index in [2.05, 4.69) is 0 Å². The van der Waals surface area contributed by atoms with Crippen molar-refractivity contribution in [3.8, 4) is 28.7 Å². The summed E-state index contributed by atoms with van der Waals surface area (Å²) < 4.78 is 26.6. The van der Waals surface area contributed by atoms with Gasteiger partial charge in [0.2, 0.25) is 0 Å². The first-order valence-corrected chi connectivity index (χ1v) is 8.12. The molecule has 0 atom stereocenters. The lowest BCUT2D eigenvalue weighted by atomic mass is 10.00. The van der Waals surface area contributed by atoms with Gasteiger partial charge in [0.25, 0.3) is 0 Å². The van der Waals surface area contributed by atoms with Crippen LogP contribution in [-0.4, -0.2) is 41.3 Å². The molecule has 0 saturated heterocycles. The molecule has 0 radical (unpaired) electrons. The first-order valence-electron chi connectivity index (χ1n) is 8.12. The second kappa shape index (κ2) is 8.99. The highest BCUT2D eigenvalue weighted by Crippen LogP contribution is 2.38. The maximum Gasteiger partial charge on any atom is 0.175 e. The fourth-order valence-electron chi connectivity index (χ4n) is 2.79. The Morgan fingerprint density at radius 3 is 1.96 bits per heavy atom. The molecule has 6 nitrogen and oxygen atoms in total. The second-order valence-electron chi connectivity index (χ2n) is 5.48. The van der Waals surface area contributed by atoms with Gasteiger partial charge in [-0.05, 0) is 42.3 Å². The molecule has 140 valence electrons. The van der Waals surface area contributed by atoms with Crippen molar-refractivity contribution in [1.82, 2.24) is 0 Å². The van der Waals surface area contributed by atoms with E-state index in [1.54, 1.807) is 26.4 Å². The third-order valence-electron chi connectivity index (χ3n) is 4.12. The van der Waals surface area contributed by atoms with Gasteiger partial charge in [-0.2, -0.15) is 0 Å². The van der Waals surface area contributed by atoms with Gasteiger partial charge in [0.05, 0.1) is 35.5 Å². The van der Waals surface area contributed by atoms with E-state index in [1.165, 1.54) is 21.3 Å². The second-order valence-corrected chi connectivity index (χ2v) is 5.48. The number of aryl methyl sites for hydroxylation is 1. The predicted molar refractivity (Wildman–Crippen MR) is 98.3 cm³/mol. The molecule has 0 aliphatic carbocycles. The SMILES string of the molecule is COc1ccc(OC)c(CCC(=O)c2c(OC)ccc(OC)c2OC)c1. The third-order valence-corrected chi connectivity index (χ3v) is 4.12. The minimum atomic E-state index is -0.109. The molecule has 0 fully saturated rings. The number of benzene rings is 2. The molecule has 0 spiro atoms. The van der Waals surface area contributed by atoms with Crippen molar-refractivity contribution in [1.29, 1.82) is 0 Å². The Morgan fingerprint density at radius 2 is 1.38 bits per heavy atom. The van der Waals surface area contributed by atoms with E-state index in [0.29, 0.717) is 40.7 Å². The van der Waals surface area contributed by atoms with Gasteiger partial charge >= 0.3 is 0 Å². The van der Waals surface area contributed by atoms with Crippen LogP contribution in [0.25, 0.3) is 0 Å². The van der Waals surface area contributed by atoms with Crippen molar-refractivity contribution < 1.29 is 28.5 Å². The Morgan fingerprint density at radius 1 is 0.769 bits per heavy atom. The average Bonchev–Trinajstić information content (AvgIpc) is 2.70. The van der Waals surface area contributed by atoms with Crippen LogP contribution in [0.5, 0.6) is 28.7 Å². The number of ketones is 1. The van der Waals surface area contributed by atoms with Gasteiger partial charge in [-0.25, -0.2) is 0 Å². The van der Waals surface area contributed by atoms with Crippen molar-refractivity contribution in [2.24, 2.45) is 0 Å². The van der Waals surface area contributed by atoms with Gasteiger partial charge in [0.15, 0.2) is 17.3 Å². The lowest BCUT2D eigenvalue weighted by Crippen LogP contribution is -2.08. The summed E-state index contributed by atoms with van der Waals surface area (Å²) in [6, 6.07) is 8.91. The molecule has 0 bridgehead atoms. The summed E-state index contributed by atoms with van der Waals surface area (Å²) in [5.41, 5.74) is 1.26. The van der Waals surface area contributed by atoms with Gasteiger partial charge in [-0.3, -0.25) is 4.79 Å². The summed E-state index contributed by atoms with van der Waals surface area (Å²) >= 11 is 0. The fourth-order valence-corrected chi connectivity index (χ4v) is 2.79. The maximum atomic E-state index is 12.9. The average molecular weight is 360 g/mol. The van der Waals surface area contributed by atoms with Crippen LogP contribution in [0, 0.1) is 0 Å². The smallest absolute Gasteiger partial charge is 0.175 e. The van der Waals surface area contributed by atoms with Crippen molar-refractivity contribution in [3.05, 3.63) is 41.5 Å². The van der Waals surface area contributed by atoms with E-state index >= 15 is 0 Å². The van der Waals surface area contributed by atoms with Crippen molar-refractivity contribution in [2.45, 2.75) is 12.8 Å². The normalized spacial score (nSPS) is 10.2.